The molecule has 134 valence electrons. The van der Waals surface area contributed by atoms with Crippen LogP contribution in [-0.2, 0) is 9.59 Å². The molecule has 0 spiro atoms. The number of nitrogens with two attached hydrogens (primary N) is 1. The lowest BCUT2D eigenvalue weighted by Gasteiger charge is -2.10. The van der Waals surface area contributed by atoms with Gasteiger partial charge in [0.25, 0.3) is 5.91 Å². The standard InChI is InChI=1S/C20H19FN2O3/c1-26-14-5-2-4-12(10-14)13-8-9-18(17(21)11-13)23-20(25)16-7-3-6-15(16)19(22)24/h2,4-5,8-11H,3,6-7H2,1H3,(H2,22,24)(H,23,25)/i1D3. The Morgan fingerprint density at radius 3 is 2.65 bits per heavy atom. The number of nitrogens with one attached hydrogen (secondary N) is 1. The average Bonchev–Trinajstić information content (AvgIpc) is 3.12. The normalized spacial score (nSPS) is 15.8. The van der Waals surface area contributed by atoms with Gasteiger partial charge in [-0.1, -0.05) is 18.2 Å². The zero-order valence-corrected chi connectivity index (χ0v) is 13.8. The minimum absolute atomic E-state index is 0.0307. The van der Waals surface area contributed by atoms with Crippen LogP contribution < -0.4 is 15.8 Å². The number of carbonyl (C=O) groups is 2. The number of methoxy groups -OCH3 is 1. The van der Waals surface area contributed by atoms with Gasteiger partial charge in [0.1, 0.15) is 11.6 Å². The molecule has 0 saturated heterocycles. The third kappa shape index (κ3) is 3.59. The van der Waals surface area contributed by atoms with E-state index >= 15 is 0 Å². The Kier molecular flexibility index (Phi) is 4.00. The Bertz CT molecular complexity index is 1000. The van der Waals surface area contributed by atoms with Crippen molar-refractivity contribution in [3.63, 3.8) is 0 Å². The van der Waals surface area contributed by atoms with Crippen molar-refractivity contribution in [3.8, 4) is 16.9 Å². The predicted molar refractivity (Wildman–Crippen MR) is 97.1 cm³/mol. The van der Waals surface area contributed by atoms with E-state index in [-0.39, 0.29) is 22.6 Å². The summed E-state index contributed by atoms with van der Waals surface area (Å²) >= 11 is 0. The Labute approximate surface area is 154 Å². The summed E-state index contributed by atoms with van der Waals surface area (Å²) in [6, 6.07) is 10.5. The van der Waals surface area contributed by atoms with E-state index in [4.69, 9.17) is 14.6 Å². The van der Waals surface area contributed by atoms with Crippen molar-refractivity contribution < 1.29 is 22.8 Å². The number of hydrogen-bond acceptors (Lipinski definition) is 3. The molecule has 5 nitrogen and oxygen atoms in total. The molecule has 2 amide bonds. The van der Waals surface area contributed by atoms with E-state index in [0.29, 0.717) is 30.4 Å². The Balaban J connectivity index is 1.81. The maximum Gasteiger partial charge on any atom is 0.252 e. The summed E-state index contributed by atoms with van der Waals surface area (Å²) in [4.78, 5) is 23.8. The molecular formula is C20H19FN2O3. The predicted octanol–water partition coefficient (Wildman–Crippen LogP) is 3.41. The van der Waals surface area contributed by atoms with Gasteiger partial charge in [0, 0.05) is 11.1 Å². The molecule has 3 rings (SSSR count). The van der Waals surface area contributed by atoms with Crippen LogP contribution in [0.4, 0.5) is 10.1 Å². The molecule has 0 bridgehead atoms. The highest BCUT2D eigenvalue weighted by Crippen LogP contribution is 2.29. The molecule has 0 heterocycles. The molecule has 0 fully saturated rings. The highest BCUT2D eigenvalue weighted by atomic mass is 19.1. The first-order valence-corrected chi connectivity index (χ1v) is 8.06. The Hall–Kier alpha value is -3.15. The van der Waals surface area contributed by atoms with Crippen molar-refractivity contribution in [1.29, 1.82) is 0 Å². The van der Waals surface area contributed by atoms with Gasteiger partial charge in [0.15, 0.2) is 0 Å². The third-order valence-electron chi connectivity index (χ3n) is 4.29. The van der Waals surface area contributed by atoms with E-state index in [1.807, 2.05) is 0 Å². The van der Waals surface area contributed by atoms with Crippen LogP contribution in [0.5, 0.6) is 5.75 Å². The summed E-state index contributed by atoms with van der Waals surface area (Å²) in [5, 5.41) is 2.48. The first-order chi connectivity index (χ1) is 13.6. The third-order valence-corrected chi connectivity index (χ3v) is 4.29. The lowest BCUT2D eigenvalue weighted by atomic mass is 10.0. The SMILES string of the molecule is [2H]C([2H])([2H])Oc1cccc(-c2ccc(NC(=O)C3=C(C(N)=O)CCC3)c(F)c2)c1. The van der Waals surface area contributed by atoms with E-state index in [1.54, 1.807) is 18.2 Å². The Morgan fingerprint density at radius 2 is 1.92 bits per heavy atom. The zero-order valence-electron chi connectivity index (χ0n) is 16.8. The fourth-order valence-corrected chi connectivity index (χ4v) is 3.00. The van der Waals surface area contributed by atoms with Crippen molar-refractivity contribution in [3.05, 3.63) is 59.4 Å². The van der Waals surface area contributed by atoms with Gasteiger partial charge in [-0.3, -0.25) is 9.59 Å². The lowest BCUT2D eigenvalue weighted by Crippen LogP contribution is -2.20. The van der Waals surface area contributed by atoms with Gasteiger partial charge in [-0.05, 0) is 54.7 Å². The quantitative estimate of drug-likeness (QED) is 0.860. The fourth-order valence-electron chi connectivity index (χ4n) is 3.00. The second-order valence-electron chi connectivity index (χ2n) is 5.95. The largest absolute Gasteiger partial charge is 0.497 e. The maximum absolute atomic E-state index is 14.6. The number of ether oxygens (including phenoxy) is 1. The molecule has 0 aliphatic heterocycles. The lowest BCUT2D eigenvalue weighted by molar-refractivity contribution is -0.116. The van der Waals surface area contributed by atoms with E-state index in [0.717, 1.165) is 0 Å². The van der Waals surface area contributed by atoms with E-state index < -0.39 is 24.7 Å². The second-order valence-corrected chi connectivity index (χ2v) is 5.95. The number of carbonyl (C=O) groups excluding carboxylic acids is 2. The minimum atomic E-state index is -2.59. The Morgan fingerprint density at radius 1 is 1.15 bits per heavy atom. The maximum atomic E-state index is 14.6. The van der Waals surface area contributed by atoms with Crippen LogP contribution in [0, 0.1) is 5.82 Å². The van der Waals surface area contributed by atoms with Gasteiger partial charge in [-0.15, -0.1) is 0 Å². The summed E-state index contributed by atoms with van der Waals surface area (Å²) < 4.78 is 40.9. The van der Waals surface area contributed by atoms with Crippen LogP contribution in [-0.4, -0.2) is 18.9 Å². The molecular weight excluding hydrogens is 335 g/mol. The minimum Gasteiger partial charge on any atom is -0.497 e. The van der Waals surface area contributed by atoms with Crippen LogP contribution in [0.15, 0.2) is 53.6 Å². The van der Waals surface area contributed by atoms with Gasteiger partial charge in [0.05, 0.1) is 16.8 Å². The first kappa shape index (κ1) is 14.1. The summed E-state index contributed by atoms with van der Waals surface area (Å²) in [5.74, 6) is -1.72. The van der Waals surface area contributed by atoms with Gasteiger partial charge in [-0.2, -0.15) is 0 Å². The van der Waals surface area contributed by atoms with Gasteiger partial charge in [-0.25, -0.2) is 4.39 Å². The van der Waals surface area contributed by atoms with Crippen LogP contribution in [0.2, 0.25) is 0 Å². The number of amides is 2. The van der Waals surface area contributed by atoms with Gasteiger partial charge >= 0.3 is 0 Å². The molecule has 1 aliphatic rings. The highest BCUT2D eigenvalue weighted by Gasteiger charge is 2.24. The van der Waals surface area contributed by atoms with Crippen molar-refractivity contribution in [1.82, 2.24) is 0 Å². The van der Waals surface area contributed by atoms with Crippen LogP contribution >= 0.6 is 0 Å². The molecule has 3 N–H and O–H groups in total. The first-order valence-electron chi connectivity index (χ1n) is 9.56. The summed E-state index contributed by atoms with van der Waals surface area (Å²) in [6.07, 6.45) is 1.51. The van der Waals surface area contributed by atoms with Crippen molar-refractivity contribution in [2.45, 2.75) is 19.3 Å². The molecule has 2 aromatic carbocycles. The van der Waals surface area contributed by atoms with E-state index in [2.05, 4.69) is 5.32 Å². The number of hydrogen-bond donors (Lipinski definition) is 2. The summed E-state index contributed by atoms with van der Waals surface area (Å²) in [7, 11) is -2.59. The van der Waals surface area contributed by atoms with Crippen molar-refractivity contribution >= 4 is 17.5 Å². The molecule has 26 heavy (non-hydrogen) atoms. The number of rotatable bonds is 5. The van der Waals surface area contributed by atoms with Crippen LogP contribution in [0.25, 0.3) is 11.1 Å². The molecule has 0 saturated carbocycles. The van der Waals surface area contributed by atoms with Gasteiger partial charge in [0.2, 0.25) is 5.91 Å². The van der Waals surface area contributed by atoms with E-state index in [1.165, 1.54) is 24.3 Å². The molecule has 6 heteroatoms. The molecule has 0 radical (unpaired) electrons. The average molecular weight is 357 g/mol. The highest BCUT2D eigenvalue weighted by molar-refractivity contribution is 6.10. The fraction of sp³-hybridized carbons (Fsp3) is 0.200. The molecule has 0 atom stereocenters. The summed E-state index contributed by atoms with van der Waals surface area (Å²) in [5.41, 5.74) is 6.86. The van der Waals surface area contributed by atoms with Crippen LogP contribution in [0.3, 0.4) is 0 Å². The van der Waals surface area contributed by atoms with E-state index in [9.17, 15) is 14.0 Å². The molecule has 0 aromatic heterocycles. The second kappa shape index (κ2) is 7.39. The topological polar surface area (TPSA) is 81.4 Å². The number of halogens is 1. The number of benzene rings is 2. The van der Waals surface area contributed by atoms with Crippen molar-refractivity contribution in [2.24, 2.45) is 5.73 Å². The number of anilines is 1. The molecule has 1 aliphatic carbocycles. The summed E-state index contributed by atoms with van der Waals surface area (Å²) in [6.45, 7) is 0. The zero-order chi connectivity index (χ0) is 21.2. The number of primary amides is 1. The van der Waals surface area contributed by atoms with Crippen LogP contribution in [0.1, 0.15) is 23.4 Å². The monoisotopic (exact) mass is 357 g/mol. The van der Waals surface area contributed by atoms with Gasteiger partial charge < -0.3 is 15.8 Å². The van der Waals surface area contributed by atoms with Crippen molar-refractivity contribution in [2.75, 3.05) is 12.4 Å². The molecule has 2 aromatic rings. The molecule has 0 unspecified atom stereocenters. The smallest absolute Gasteiger partial charge is 0.252 e.